The van der Waals surface area contributed by atoms with Crippen LogP contribution in [0.2, 0.25) is 0 Å². The standard InChI is InChI=1S/C14H11F2N3O2S/c1-8-11(3-2-4-13(8)19(20)21)17-14(22)18-12-6-5-9(15)7-10(12)16/h2-7H,1H3,(H2,17,18,22). The number of nitro benzene ring substituents is 1. The fraction of sp³-hybridized carbons (Fsp3) is 0.0714. The van der Waals surface area contributed by atoms with Crippen molar-refractivity contribution >= 4 is 34.4 Å². The predicted octanol–water partition coefficient (Wildman–Crippen LogP) is 3.99. The molecule has 2 rings (SSSR count). The third kappa shape index (κ3) is 3.53. The zero-order chi connectivity index (χ0) is 16.3. The van der Waals surface area contributed by atoms with Crippen molar-refractivity contribution in [3.8, 4) is 0 Å². The topological polar surface area (TPSA) is 67.2 Å². The summed E-state index contributed by atoms with van der Waals surface area (Å²) in [7, 11) is 0. The first-order chi connectivity index (χ1) is 10.4. The Bertz CT molecular complexity index is 753. The lowest BCUT2D eigenvalue weighted by atomic mass is 10.1. The maximum Gasteiger partial charge on any atom is 0.274 e. The van der Waals surface area contributed by atoms with Crippen LogP contribution in [0.3, 0.4) is 0 Å². The largest absolute Gasteiger partial charge is 0.332 e. The van der Waals surface area contributed by atoms with Crippen molar-refractivity contribution in [2.45, 2.75) is 6.92 Å². The second kappa shape index (κ2) is 6.44. The van der Waals surface area contributed by atoms with Crippen LogP contribution in [0.1, 0.15) is 5.56 Å². The van der Waals surface area contributed by atoms with Crippen molar-refractivity contribution < 1.29 is 13.7 Å². The molecule has 0 fully saturated rings. The van der Waals surface area contributed by atoms with Crippen molar-refractivity contribution in [2.75, 3.05) is 10.6 Å². The summed E-state index contributed by atoms with van der Waals surface area (Å²) < 4.78 is 26.3. The highest BCUT2D eigenvalue weighted by atomic mass is 32.1. The fourth-order valence-corrected chi connectivity index (χ4v) is 2.04. The van der Waals surface area contributed by atoms with Gasteiger partial charge in [-0.2, -0.15) is 0 Å². The van der Waals surface area contributed by atoms with Crippen LogP contribution < -0.4 is 10.6 Å². The number of nitro groups is 1. The van der Waals surface area contributed by atoms with E-state index in [0.717, 1.165) is 12.1 Å². The smallest absolute Gasteiger partial charge is 0.274 e. The first kappa shape index (κ1) is 15.8. The van der Waals surface area contributed by atoms with Gasteiger partial charge in [-0.05, 0) is 37.3 Å². The molecule has 22 heavy (non-hydrogen) atoms. The molecule has 2 aromatic carbocycles. The minimum absolute atomic E-state index is 0.00184. The van der Waals surface area contributed by atoms with E-state index < -0.39 is 16.6 Å². The molecule has 0 aliphatic carbocycles. The van der Waals surface area contributed by atoms with Crippen molar-refractivity contribution in [1.29, 1.82) is 0 Å². The Morgan fingerprint density at radius 2 is 1.86 bits per heavy atom. The van der Waals surface area contributed by atoms with E-state index in [-0.39, 0.29) is 16.5 Å². The maximum atomic E-state index is 13.5. The Balaban J connectivity index is 2.16. The van der Waals surface area contributed by atoms with Gasteiger partial charge >= 0.3 is 0 Å². The summed E-state index contributed by atoms with van der Waals surface area (Å²) in [6.07, 6.45) is 0. The number of anilines is 2. The van der Waals surface area contributed by atoms with Crippen LogP contribution in [0.25, 0.3) is 0 Å². The summed E-state index contributed by atoms with van der Waals surface area (Å²) in [5, 5.41) is 16.2. The zero-order valence-electron chi connectivity index (χ0n) is 11.4. The molecule has 0 bridgehead atoms. The number of hydrogen-bond donors (Lipinski definition) is 2. The highest BCUT2D eigenvalue weighted by molar-refractivity contribution is 7.80. The molecule has 5 nitrogen and oxygen atoms in total. The lowest BCUT2D eigenvalue weighted by Crippen LogP contribution is -2.20. The van der Waals surface area contributed by atoms with Crippen LogP contribution in [0.4, 0.5) is 25.8 Å². The molecule has 0 amide bonds. The normalized spacial score (nSPS) is 10.1. The van der Waals surface area contributed by atoms with Gasteiger partial charge in [-0.25, -0.2) is 8.78 Å². The number of rotatable bonds is 3. The molecule has 0 saturated carbocycles. The molecule has 0 atom stereocenters. The molecule has 0 heterocycles. The summed E-state index contributed by atoms with van der Waals surface area (Å²) in [5.74, 6) is -1.49. The number of benzene rings is 2. The van der Waals surface area contributed by atoms with Crippen molar-refractivity contribution in [2.24, 2.45) is 0 Å². The molecule has 0 spiro atoms. The maximum absolute atomic E-state index is 13.5. The lowest BCUT2D eigenvalue weighted by Gasteiger charge is -2.13. The van der Waals surface area contributed by atoms with E-state index in [9.17, 15) is 18.9 Å². The van der Waals surface area contributed by atoms with Gasteiger partial charge in [-0.1, -0.05) is 6.07 Å². The first-order valence-electron chi connectivity index (χ1n) is 6.15. The van der Waals surface area contributed by atoms with Crippen LogP contribution in [-0.2, 0) is 0 Å². The van der Waals surface area contributed by atoms with E-state index in [4.69, 9.17) is 12.2 Å². The molecular weight excluding hydrogens is 312 g/mol. The number of halogens is 2. The van der Waals surface area contributed by atoms with Crippen LogP contribution >= 0.6 is 12.2 Å². The van der Waals surface area contributed by atoms with Crippen molar-refractivity contribution in [3.63, 3.8) is 0 Å². The van der Waals surface area contributed by atoms with Gasteiger partial charge in [0.1, 0.15) is 11.6 Å². The van der Waals surface area contributed by atoms with E-state index in [1.165, 1.54) is 18.2 Å². The van der Waals surface area contributed by atoms with E-state index >= 15 is 0 Å². The average Bonchev–Trinajstić information content (AvgIpc) is 2.44. The first-order valence-corrected chi connectivity index (χ1v) is 6.56. The molecule has 0 radical (unpaired) electrons. The van der Waals surface area contributed by atoms with Gasteiger partial charge < -0.3 is 10.6 Å². The highest BCUT2D eigenvalue weighted by Gasteiger charge is 2.14. The monoisotopic (exact) mass is 323 g/mol. The molecule has 8 heteroatoms. The third-order valence-electron chi connectivity index (χ3n) is 2.93. The number of hydrogen-bond acceptors (Lipinski definition) is 3. The highest BCUT2D eigenvalue weighted by Crippen LogP contribution is 2.25. The molecular formula is C14H11F2N3O2S. The molecule has 0 aromatic heterocycles. The number of nitrogens with zero attached hydrogens (tertiary/aromatic N) is 1. The van der Waals surface area contributed by atoms with Gasteiger partial charge in [0.05, 0.1) is 21.9 Å². The van der Waals surface area contributed by atoms with Crippen LogP contribution in [-0.4, -0.2) is 10.0 Å². The molecule has 0 aliphatic heterocycles. The molecule has 114 valence electrons. The summed E-state index contributed by atoms with van der Waals surface area (Å²) in [6.45, 7) is 1.57. The summed E-state index contributed by atoms with van der Waals surface area (Å²) >= 11 is 5.03. The minimum atomic E-state index is -0.792. The van der Waals surface area contributed by atoms with Gasteiger partial charge in [0.2, 0.25) is 0 Å². The van der Waals surface area contributed by atoms with Gasteiger partial charge in [-0.3, -0.25) is 10.1 Å². The third-order valence-corrected chi connectivity index (χ3v) is 3.13. The van der Waals surface area contributed by atoms with Crippen molar-refractivity contribution in [3.05, 3.63) is 63.7 Å². The molecule has 0 aliphatic rings. The lowest BCUT2D eigenvalue weighted by molar-refractivity contribution is -0.385. The Labute approximate surface area is 130 Å². The van der Waals surface area contributed by atoms with E-state index in [1.807, 2.05) is 0 Å². The van der Waals surface area contributed by atoms with Crippen LogP contribution in [0.5, 0.6) is 0 Å². The molecule has 0 unspecified atom stereocenters. The number of nitrogens with one attached hydrogen (secondary N) is 2. The fourth-order valence-electron chi connectivity index (χ4n) is 1.82. The van der Waals surface area contributed by atoms with Crippen molar-refractivity contribution in [1.82, 2.24) is 0 Å². The van der Waals surface area contributed by atoms with Gasteiger partial charge in [0.15, 0.2) is 5.11 Å². The van der Waals surface area contributed by atoms with Gasteiger partial charge in [-0.15, -0.1) is 0 Å². The molecule has 0 saturated heterocycles. The zero-order valence-corrected chi connectivity index (χ0v) is 12.2. The van der Waals surface area contributed by atoms with Gasteiger partial charge in [0, 0.05) is 12.1 Å². The summed E-state index contributed by atoms with van der Waals surface area (Å²) in [5.41, 5.74) is 0.771. The quantitative estimate of drug-likeness (QED) is 0.508. The summed E-state index contributed by atoms with van der Waals surface area (Å²) in [6, 6.07) is 7.51. The Morgan fingerprint density at radius 1 is 1.18 bits per heavy atom. The predicted molar refractivity (Wildman–Crippen MR) is 84.0 cm³/mol. The Hall–Kier alpha value is -2.61. The van der Waals surface area contributed by atoms with E-state index in [0.29, 0.717) is 11.3 Å². The van der Waals surface area contributed by atoms with Gasteiger partial charge in [0.25, 0.3) is 5.69 Å². The minimum Gasteiger partial charge on any atom is -0.332 e. The van der Waals surface area contributed by atoms with E-state index in [2.05, 4.69) is 10.6 Å². The molecule has 2 aromatic rings. The average molecular weight is 323 g/mol. The second-order valence-electron chi connectivity index (χ2n) is 4.41. The SMILES string of the molecule is Cc1c(NC(=S)Nc2ccc(F)cc2F)cccc1[N+](=O)[O-]. The molecule has 2 N–H and O–H groups in total. The number of thiocarbonyl (C=S) groups is 1. The summed E-state index contributed by atoms with van der Waals surface area (Å²) in [4.78, 5) is 10.4. The Kier molecular flexibility index (Phi) is 4.62. The second-order valence-corrected chi connectivity index (χ2v) is 4.82. The van der Waals surface area contributed by atoms with E-state index in [1.54, 1.807) is 13.0 Å². The van der Waals surface area contributed by atoms with Crippen LogP contribution in [0, 0.1) is 28.7 Å². The van der Waals surface area contributed by atoms with Crippen LogP contribution in [0.15, 0.2) is 36.4 Å². The Morgan fingerprint density at radius 3 is 2.50 bits per heavy atom.